The normalized spacial score (nSPS) is 11.5. The molecule has 0 unspecified atom stereocenters. The van der Waals surface area contributed by atoms with E-state index in [-0.39, 0.29) is 11.3 Å². The summed E-state index contributed by atoms with van der Waals surface area (Å²) in [7, 11) is 2.98. The van der Waals surface area contributed by atoms with Crippen molar-refractivity contribution in [1.29, 1.82) is 0 Å². The number of esters is 1. The Hall–Kier alpha value is -2.53. The van der Waals surface area contributed by atoms with Crippen LogP contribution in [0.25, 0.3) is 0 Å². The largest absolute Gasteiger partial charge is 0.497 e. The maximum absolute atomic E-state index is 12.4. The van der Waals surface area contributed by atoms with E-state index in [2.05, 4.69) is 0 Å². The first kappa shape index (κ1) is 17.8. The number of halogens is 1. The summed E-state index contributed by atoms with van der Waals surface area (Å²) < 4.78 is 15.4. The van der Waals surface area contributed by atoms with Gasteiger partial charge < -0.3 is 14.2 Å². The molecule has 0 aliphatic carbocycles. The van der Waals surface area contributed by atoms with Crippen molar-refractivity contribution in [2.24, 2.45) is 0 Å². The van der Waals surface area contributed by atoms with E-state index < -0.39 is 12.1 Å². The summed E-state index contributed by atoms with van der Waals surface area (Å²) in [5.74, 6) is -0.0240. The predicted octanol–water partition coefficient (Wildman–Crippen LogP) is 3.79. The SMILES string of the molecule is COc1ccc(C(=O)[C@H](C)OC(=O)c2cc(Cl)ccc2OC)cc1. The number of hydrogen-bond donors (Lipinski definition) is 0. The Kier molecular flexibility index (Phi) is 5.82. The quantitative estimate of drug-likeness (QED) is 0.587. The highest BCUT2D eigenvalue weighted by Gasteiger charge is 2.22. The summed E-state index contributed by atoms with van der Waals surface area (Å²) in [6, 6.07) is 11.2. The van der Waals surface area contributed by atoms with E-state index in [1.165, 1.54) is 20.1 Å². The first-order valence-corrected chi connectivity index (χ1v) is 7.57. The van der Waals surface area contributed by atoms with Gasteiger partial charge in [0.2, 0.25) is 5.78 Å². The minimum absolute atomic E-state index is 0.166. The highest BCUT2D eigenvalue weighted by atomic mass is 35.5. The van der Waals surface area contributed by atoms with E-state index >= 15 is 0 Å². The number of carbonyl (C=O) groups excluding carboxylic acids is 2. The van der Waals surface area contributed by atoms with Gasteiger partial charge in [0.25, 0.3) is 0 Å². The van der Waals surface area contributed by atoms with Gasteiger partial charge in [-0.15, -0.1) is 0 Å². The molecular formula is C18H17ClO5. The number of rotatable bonds is 6. The molecule has 5 nitrogen and oxygen atoms in total. The summed E-state index contributed by atoms with van der Waals surface area (Å²) in [4.78, 5) is 24.6. The topological polar surface area (TPSA) is 61.8 Å². The molecule has 6 heteroatoms. The van der Waals surface area contributed by atoms with Crippen LogP contribution in [0.4, 0.5) is 0 Å². The van der Waals surface area contributed by atoms with Crippen LogP contribution >= 0.6 is 11.6 Å². The lowest BCUT2D eigenvalue weighted by Gasteiger charge is -2.14. The molecule has 2 aromatic carbocycles. The summed E-state index contributed by atoms with van der Waals surface area (Å²) in [6.07, 6.45) is -0.949. The maximum Gasteiger partial charge on any atom is 0.342 e. The molecular weight excluding hydrogens is 332 g/mol. The molecule has 0 amide bonds. The highest BCUT2D eigenvalue weighted by molar-refractivity contribution is 6.31. The summed E-state index contributed by atoms with van der Waals surface area (Å²) in [6.45, 7) is 1.52. The molecule has 0 N–H and O–H groups in total. The molecule has 1 atom stereocenters. The monoisotopic (exact) mass is 348 g/mol. The third kappa shape index (κ3) is 4.06. The van der Waals surface area contributed by atoms with Crippen LogP contribution in [0.3, 0.4) is 0 Å². The van der Waals surface area contributed by atoms with Gasteiger partial charge in [-0.1, -0.05) is 11.6 Å². The third-order valence-electron chi connectivity index (χ3n) is 3.41. The lowest BCUT2D eigenvalue weighted by molar-refractivity contribution is 0.0316. The van der Waals surface area contributed by atoms with Crippen LogP contribution in [0, 0.1) is 0 Å². The summed E-state index contributed by atoms with van der Waals surface area (Å²) in [5, 5.41) is 0.372. The van der Waals surface area contributed by atoms with E-state index in [1.807, 2.05) is 0 Å². The van der Waals surface area contributed by atoms with E-state index in [4.69, 9.17) is 25.8 Å². The number of Topliss-reactive ketones (excluding diaryl/α,β-unsaturated/α-hetero) is 1. The van der Waals surface area contributed by atoms with Crippen LogP contribution in [-0.4, -0.2) is 32.1 Å². The van der Waals surface area contributed by atoms with E-state index in [0.29, 0.717) is 22.1 Å². The molecule has 0 aromatic heterocycles. The Morgan fingerprint density at radius 1 is 1.00 bits per heavy atom. The zero-order chi connectivity index (χ0) is 17.7. The van der Waals surface area contributed by atoms with E-state index in [1.54, 1.807) is 43.5 Å². The molecule has 0 bridgehead atoms. The van der Waals surface area contributed by atoms with Crippen molar-refractivity contribution >= 4 is 23.4 Å². The zero-order valence-electron chi connectivity index (χ0n) is 13.5. The molecule has 0 saturated carbocycles. The molecule has 0 aliphatic heterocycles. The lowest BCUT2D eigenvalue weighted by atomic mass is 10.1. The minimum atomic E-state index is -0.949. The first-order valence-electron chi connectivity index (χ1n) is 7.19. The van der Waals surface area contributed by atoms with E-state index in [9.17, 15) is 9.59 Å². The van der Waals surface area contributed by atoms with Crippen LogP contribution in [-0.2, 0) is 4.74 Å². The minimum Gasteiger partial charge on any atom is -0.497 e. The van der Waals surface area contributed by atoms with Gasteiger partial charge in [0.1, 0.15) is 17.1 Å². The maximum atomic E-state index is 12.4. The number of benzene rings is 2. The van der Waals surface area contributed by atoms with Gasteiger partial charge in [0.05, 0.1) is 14.2 Å². The molecule has 2 rings (SSSR count). The Morgan fingerprint density at radius 3 is 2.25 bits per heavy atom. The Bertz CT molecular complexity index is 740. The average molecular weight is 349 g/mol. The van der Waals surface area contributed by atoms with Crippen molar-refractivity contribution < 1.29 is 23.8 Å². The molecule has 0 radical (unpaired) electrons. The number of methoxy groups -OCH3 is 2. The Balaban J connectivity index is 2.13. The van der Waals surface area contributed by atoms with Gasteiger partial charge in [-0.25, -0.2) is 4.79 Å². The fourth-order valence-corrected chi connectivity index (χ4v) is 2.28. The number of hydrogen-bond acceptors (Lipinski definition) is 5. The fraction of sp³-hybridized carbons (Fsp3) is 0.222. The summed E-state index contributed by atoms with van der Waals surface area (Å²) in [5.41, 5.74) is 0.591. The van der Waals surface area contributed by atoms with Crippen molar-refractivity contribution in [2.45, 2.75) is 13.0 Å². The smallest absolute Gasteiger partial charge is 0.342 e. The standard InChI is InChI=1S/C18H17ClO5/c1-11(17(20)12-4-7-14(22-2)8-5-12)24-18(21)15-10-13(19)6-9-16(15)23-3/h4-11H,1-3H3/t11-/m0/s1. The predicted molar refractivity (Wildman–Crippen MR) is 90.2 cm³/mol. The second-order valence-electron chi connectivity index (χ2n) is 4.98. The van der Waals surface area contributed by atoms with Crippen molar-refractivity contribution in [3.63, 3.8) is 0 Å². The van der Waals surface area contributed by atoms with Gasteiger partial charge in [0, 0.05) is 10.6 Å². The highest BCUT2D eigenvalue weighted by Crippen LogP contribution is 2.24. The lowest BCUT2D eigenvalue weighted by Crippen LogP contribution is -2.24. The van der Waals surface area contributed by atoms with Crippen LogP contribution < -0.4 is 9.47 Å². The Labute approximate surface area is 145 Å². The van der Waals surface area contributed by atoms with Crippen LogP contribution in [0.1, 0.15) is 27.6 Å². The molecule has 126 valence electrons. The zero-order valence-corrected chi connectivity index (χ0v) is 14.3. The van der Waals surface area contributed by atoms with Gasteiger partial charge in [-0.2, -0.15) is 0 Å². The second kappa shape index (κ2) is 7.84. The average Bonchev–Trinajstić information content (AvgIpc) is 2.61. The molecule has 24 heavy (non-hydrogen) atoms. The number of ether oxygens (including phenoxy) is 3. The van der Waals surface area contributed by atoms with E-state index in [0.717, 1.165) is 0 Å². The molecule has 0 saturated heterocycles. The molecule has 0 fully saturated rings. The number of carbonyl (C=O) groups is 2. The fourth-order valence-electron chi connectivity index (χ4n) is 2.11. The van der Waals surface area contributed by atoms with Gasteiger partial charge in [0.15, 0.2) is 6.10 Å². The van der Waals surface area contributed by atoms with Gasteiger partial charge in [-0.05, 0) is 49.4 Å². The summed E-state index contributed by atoms with van der Waals surface area (Å²) >= 11 is 5.90. The van der Waals surface area contributed by atoms with Gasteiger partial charge in [-0.3, -0.25) is 4.79 Å². The van der Waals surface area contributed by atoms with Crippen LogP contribution in [0.2, 0.25) is 5.02 Å². The molecule has 0 heterocycles. The van der Waals surface area contributed by atoms with Crippen LogP contribution in [0.5, 0.6) is 11.5 Å². The van der Waals surface area contributed by atoms with Crippen LogP contribution in [0.15, 0.2) is 42.5 Å². The second-order valence-corrected chi connectivity index (χ2v) is 5.42. The molecule has 0 aliphatic rings. The Morgan fingerprint density at radius 2 is 1.67 bits per heavy atom. The van der Waals surface area contributed by atoms with Crippen molar-refractivity contribution in [2.75, 3.05) is 14.2 Å². The van der Waals surface area contributed by atoms with Crippen molar-refractivity contribution in [1.82, 2.24) is 0 Å². The van der Waals surface area contributed by atoms with Crippen molar-refractivity contribution in [3.8, 4) is 11.5 Å². The van der Waals surface area contributed by atoms with Gasteiger partial charge >= 0.3 is 5.97 Å². The third-order valence-corrected chi connectivity index (χ3v) is 3.64. The number of ketones is 1. The molecule has 2 aromatic rings. The van der Waals surface area contributed by atoms with Crippen molar-refractivity contribution in [3.05, 3.63) is 58.6 Å². The molecule has 0 spiro atoms. The first-order chi connectivity index (χ1) is 11.5.